The van der Waals surface area contributed by atoms with Crippen molar-refractivity contribution in [3.05, 3.63) is 41.5 Å². The average Bonchev–Trinajstić information content (AvgIpc) is 2.77. The lowest BCUT2D eigenvalue weighted by Gasteiger charge is -2.20. The molecule has 0 saturated heterocycles. The fourth-order valence-corrected chi connectivity index (χ4v) is 3.53. The molecular formula is C24H32N2O6. The van der Waals surface area contributed by atoms with Crippen molar-refractivity contribution in [3.63, 3.8) is 0 Å². The van der Waals surface area contributed by atoms with Crippen molar-refractivity contribution in [1.82, 2.24) is 4.98 Å². The largest absolute Gasteiger partial charge is 0.495 e. The summed E-state index contributed by atoms with van der Waals surface area (Å²) in [6.07, 6.45) is 2.95. The van der Waals surface area contributed by atoms with Crippen molar-refractivity contribution in [2.75, 3.05) is 26.6 Å². The molecule has 8 heteroatoms. The van der Waals surface area contributed by atoms with E-state index >= 15 is 0 Å². The molecule has 1 heterocycles. The first-order valence-corrected chi connectivity index (χ1v) is 10.6. The highest BCUT2D eigenvalue weighted by Gasteiger charge is 2.22. The van der Waals surface area contributed by atoms with E-state index in [0.29, 0.717) is 29.1 Å². The summed E-state index contributed by atoms with van der Waals surface area (Å²) in [7, 11) is 4.54. The predicted octanol–water partition coefficient (Wildman–Crippen LogP) is 4.74. The maximum atomic E-state index is 13.0. The van der Waals surface area contributed by atoms with Gasteiger partial charge < -0.3 is 24.6 Å². The molecule has 0 fully saturated rings. The lowest BCUT2D eigenvalue weighted by molar-refractivity contribution is -0.116. The van der Waals surface area contributed by atoms with E-state index in [2.05, 4.69) is 24.1 Å². The molecule has 1 amide bonds. The van der Waals surface area contributed by atoms with Crippen LogP contribution >= 0.6 is 0 Å². The Balaban J connectivity index is 2.27. The Hall–Kier alpha value is -3.29. The molecule has 0 radical (unpaired) electrons. The second-order valence-corrected chi connectivity index (χ2v) is 7.95. The molecule has 174 valence electrons. The van der Waals surface area contributed by atoms with Crippen molar-refractivity contribution >= 4 is 17.6 Å². The number of carboxylic acids is 1. The number of rotatable bonds is 12. The molecule has 0 aliphatic heterocycles. The van der Waals surface area contributed by atoms with E-state index in [9.17, 15) is 14.7 Å². The van der Waals surface area contributed by atoms with Gasteiger partial charge in [-0.1, -0.05) is 26.7 Å². The second kappa shape index (κ2) is 11.9. The van der Waals surface area contributed by atoms with Gasteiger partial charge in [-0.2, -0.15) is 4.98 Å². The number of aromatic nitrogens is 1. The summed E-state index contributed by atoms with van der Waals surface area (Å²) in [5, 5.41) is 12.1. The Morgan fingerprint density at radius 1 is 1.03 bits per heavy atom. The SMILES string of the molecule is COc1ccc(C(CCCC(C)C)CC(=O)Nc2cc(C(=O)O)ccc2OC)c(OC)n1. The van der Waals surface area contributed by atoms with Gasteiger partial charge in [-0.25, -0.2) is 4.79 Å². The summed E-state index contributed by atoms with van der Waals surface area (Å²) in [4.78, 5) is 28.6. The summed E-state index contributed by atoms with van der Waals surface area (Å²) >= 11 is 0. The number of carbonyl (C=O) groups is 2. The second-order valence-electron chi connectivity index (χ2n) is 7.95. The summed E-state index contributed by atoms with van der Waals surface area (Å²) in [6, 6.07) is 7.98. The molecule has 2 N–H and O–H groups in total. The molecule has 0 aliphatic rings. The fourth-order valence-electron chi connectivity index (χ4n) is 3.53. The Morgan fingerprint density at radius 2 is 1.78 bits per heavy atom. The third-order valence-electron chi connectivity index (χ3n) is 5.19. The number of amides is 1. The third-order valence-corrected chi connectivity index (χ3v) is 5.19. The average molecular weight is 445 g/mol. The van der Waals surface area contributed by atoms with Gasteiger partial charge in [0.15, 0.2) is 0 Å². The van der Waals surface area contributed by atoms with Gasteiger partial charge in [-0.15, -0.1) is 0 Å². The summed E-state index contributed by atoms with van der Waals surface area (Å²) < 4.78 is 15.9. The maximum Gasteiger partial charge on any atom is 0.335 e. The van der Waals surface area contributed by atoms with E-state index in [1.165, 1.54) is 32.4 Å². The topological polar surface area (TPSA) is 107 Å². The molecule has 0 saturated carbocycles. The van der Waals surface area contributed by atoms with Crippen LogP contribution in [-0.4, -0.2) is 43.3 Å². The van der Waals surface area contributed by atoms with E-state index < -0.39 is 5.97 Å². The van der Waals surface area contributed by atoms with Gasteiger partial charge in [0.25, 0.3) is 0 Å². The van der Waals surface area contributed by atoms with E-state index in [4.69, 9.17) is 14.2 Å². The van der Waals surface area contributed by atoms with Gasteiger partial charge >= 0.3 is 5.97 Å². The van der Waals surface area contributed by atoms with Crippen LogP contribution in [0, 0.1) is 5.92 Å². The van der Waals surface area contributed by atoms with Crippen molar-refractivity contribution in [2.45, 2.75) is 45.4 Å². The van der Waals surface area contributed by atoms with Crippen LogP contribution < -0.4 is 19.5 Å². The molecule has 32 heavy (non-hydrogen) atoms. The molecule has 8 nitrogen and oxygen atoms in total. The van der Waals surface area contributed by atoms with Crippen LogP contribution in [0.1, 0.15) is 61.4 Å². The van der Waals surface area contributed by atoms with Crippen LogP contribution in [0.5, 0.6) is 17.5 Å². The Bertz CT molecular complexity index is 929. The molecule has 1 atom stereocenters. The molecule has 0 aliphatic carbocycles. The molecule has 0 bridgehead atoms. The first kappa shape index (κ1) is 25.0. The van der Waals surface area contributed by atoms with Crippen LogP contribution in [0.15, 0.2) is 30.3 Å². The number of carbonyl (C=O) groups excluding carboxylic acids is 1. The number of anilines is 1. The highest BCUT2D eigenvalue weighted by Crippen LogP contribution is 2.34. The summed E-state index contributed by atoms with van der Waals surface area (Å²) in [5.41, 5.74) is 1.22. The zero-order valence-electron chi connectivity index (χ0n) is 19.3. The minimum atomic E-state index is -1.08. The van der Waals surface area contributed by atoms with Crippen LogP contribution in [0.4, 0.5) is 5.69 Å². The number of nitrogens with one attached hydrogen (secondary N) is 1. The lowest BCUT2D eigenvalue weighted by atomic mass is 9.89. The monoisotopic (exact) mass is 444 g/mol. The van der Waals surface area contributed by atoms with Gasteiger partial charge in [-0.05, 0) is 42.5 Å². The van der Waals surface area contributed by atoms with Crippen LogP contribution in [0.2, 0.25) is 0 Å². The van der Waals surface area contributed by atoms with Gasteiger partial charge in [0.2, 0.25) is 17.7 Å². The van der Waals surface area contributed by atoms with Crippen molar-refractivity contribution < 1.29 is 28.9 Å². The number of methoxy groups -OCH3 is 3. The first-order chi connectivity index (χ1) is 15.3. The normalized spacial score (nSPS) is 11.7. The molecule has 1 unspecified atom stereocenters. The predicted molar refractivity (Wildman–Crippen MR) is 122 cm³/mol. The fraction of sp³-hybridized carbons (Fsp3) is 0.458. The lowest BCUT2D eigenvalue weighted by Crippen LogP contribution is -2.17. The van der Waals surface area contributed by atoms with E-state index in [1.807, 2.05) is 6.07 Å². The number of nitrogens with zero attached hydrogens (tertiary/aromatic N) is 1. The van der Waals surface area contributed by atoms with Crippen LogP contribution in [-0.2, 0) is 4.79 Å². The van der Waals surface area contributed by atoms with Gasteiger partial charge in [-0.3, -0.25) is 4.79 Å². The minimum absolute atomic E-state index is 0.0654. The highest BCUT2D eigenvalue weighted by molar-refractivity contribution is 5.95. The minimum Gasteiger partial charge on any atom is -0.495 e. The van der Waals surface area contributed by atoms with Crippen LogP contribution in [0.25, 0.3) is 0 Å². The Kier molecular flexibility index (Phi) is 9.31. The van der Waals surface area contributed by atoms with Crippen molar-refractivity contribution in [2.24, 2.45) is 5.92 Å². The van der Waals surface area contributed by atoms with Gasteiger partial charge in [0, 0.05) is 18.1 Å². The molecular weight excluding hydrogens is 412 g/mol. The Morgan fingerprint density at radius 3 is 2.38 bits per heavy atom. The number of aromatic carboxylic acids is 1. The first-order valence-electron chi connectivity index (χ1n) is 10.6. The molecule has 2 rings (SSSR count). The number of ether oxygens (including phenoxy) is 3. The highest BCUT2D eigenvalue weighted by atomic mass is 16.5. The molecule has 0 spiro atoms. The molecule has 2 aromatic rings. The standard InChI is InChI=1S/C24H32N2O6/c1-15(2)7-6-8-16(18-10-12-22(31-4)26-23(18)32-5)14-21(27)25-19-13-17(24(28)29)9-11-20(19)30-3/h9-13,15-16H,6-8,14H2,1-5H3,(H,25,27)(H,28,29). The number of hydrogen-bond donors (Lipinski definition) is 2. The molecule has 1 aromatic carbocycles. The van der Waals surface area contributed by atoms with Crippen molar-refractivity contribution in [3.8, 4) is 17.5 Å². The number of benzene rings is 1. The zero-order valence-corrected chi connectivity index (χ0v) is 19.3. The van der Waals surface area contributed by atoms with E-state index in [0.717, 1.165) is 24.8 Å². The summed E-state index contributed by atoms with van der Waals surface area (Å²) in [5.74, 6) is 0.355. The zero-order chi connectivity index (χ0) is 23.7. The summed E-state index contributed by atoms with van der Waals surface area (Å²) in [6.45, 7) is 4.33. The maximum absolute atomic E-state index is 13.0. The number of pyridine rings is 1. The number of hydrogen-bond acceptors (Lipinski definition) is 6. The van der Waals surface area contributed by atoms with Gasteiger partial charge in [0.1, 0.15) is 5.75 Å². The van der Waals surface area contributed by atoms with E-state index in [1.54, 1.807) is 13.2 Å². The number of carboxylic acid groups (broad SMARTS) is 1. The molecule has 1 aromatic heterocycles. The van der Waals surface area contributed by atoms with E-state index in [-0.39, 0.29) is 23.8 Å². The van der Waals surface area contributed by atoms with Gasteiger partial charge in [0.05, 0.1) is 32.6 Å². The smallest absolute Gasteiger partial charge is 0.335 e. The third kappa shape index (κ3) is 6.87. The Labute approximate surface area is 188 Å². The quantitative estimate of drug-likeness (QED) is 0.487. The van der Waals surface area contributed by atoms with Crippen molar-refractivity contribution in [1.29, 1.82) is 0 Å². The van der Waals surface area contributed by atoms with Crippen LogP contribution in [0.3, 0.4) is 0 Å².